The largest absolute Gasteiger partial charge is 0.489 e. The smallest absolute Gasteiger partial charge is 0.156 e. The highest BCUT2D eigenvalue weighted by atomic mass is 79.9. The second-order valence-electron chi connectivity index (χ2n) is 7.49. The number of hydrogen-bond donors (Lipinski definition) is 1. The van der Waals surface area contributed by atoms with Gasteiger partial charge < -0.3 is 15.0 Å². The van der Waals surface area contributed by atoms with Gasteiger partial charge in [0.1, 0.15) is 24.0 Å². The molecule has 0 spiro atoms. The number of aromatic nitrogens is 2. The topological polar surface area (TPSA) is 62.6 Å². The number of fused-ring (bicyclic) bond motifs is 1. The Hall–Kier alpha value is -2.84. The lowest BCUT2D eigenvalue weighted by molar-refractivity contribution is 0.115. The van der Waals surface area contributed by atoms with Crippen LogP contribution in [0.15, 0.2) is 46.6 Å². The van der Waals surface area contributed by atoms with Crippen molar-refractivity contribution in [3.05, 3.63) is 53.0 Å². The van der Waals surface area contributed by atoms with E-state index < -0.39 is 5.82 Å². The van der Waals surface area contributed by atoms with Gasteiger partial charge in [0.15, 0.2) is 5.82 Å². The summed E-state index contributed by atoms with van der Waals surface area (Å²) in [6.07, 6.45) is 4.85. The Morgan fingerprint density at radius 3 is 2.64 bits per heavy atom. The highest BCUT2D eigenvalue weighted by Crippen LogP contribution is 2.37. The number of piperidine rings is 1. The molecule has 1 aliphatic rings. The molecule has 2 heterocycles. The van der Waals surface area contributed by atoms with Crippen LogP contribution in [0.1, 0.15) is 32.3 Å². The van der Waals surface area contributed by atoms with E-state index in [2.05, 4.69) is 61.5 Å². The van der Waals surface area contributed by atoms with Gasteiger partial charge in [-0.2, -0.15) is 0 Å². The van der Waals surface area contributed by atoms with Crippen LogP contribution in [-0.2, 0) is 0 Å². The summed E-state index contributed by atoms with van der Waals surface area (Å²) in [6, 6.07) is 7.09. The van der Waals surface area contributed by atoms with E-state index in [4.69, 9.17) is 4.74 Å². The van der Waals surface area contributed by atoms with Crippen molar-refractivity contribution in [3.8, 4) is 5.75 Å². The molecule has 1 aromatic heterocycles. The lowest BCUT2D eigenvalue weighted by atomic mass is 10.1. The molecule has 1 saturated heterocycles. The standard InChI is InChI=1S/C23H23BrFN5O.C2H6/c1-4-16-17(26-2)5-6-18(22(16)25)29-23-21-19(27-13-28-23)11-14(24)12-20(21)31-15-7-9-30(3)10-8-15;1-2/h4-6,11-13,15H,1-2,7-10H2,3H3,(H,27,28,29);1-2H3. The normalized spacial score (nSPS) is 14.3. The number of nitrogens with zero attached hydrogens (tertiary/aromatic N) is 4. The molecule has 0 amide bonds. The Morgan fingerprint density at radius 2 is 1.97 bits per heavy atom. The first kappa shape index (κ1) is 24.8. The average molecular weight is 514 g/mol. The lowest BCUT2D eigenvalue weighted by Gasteiger charge is -2.29. The predicted octanol–water partition coefficient (Wildman–Crippen LogP) is 6.75. The maximum absolute atomic E-state index is 15.1. The van der Waals surface area contributed by atoms with Crippen LogP contribution in [0.4, 0.5) is 21.6 Å². The first-order valence-electron chi connectivity index (χ1n) is 11.0. The zero-order chi connectivity index (χ0) is 24.0. The van der Waals surface area contributed by atoms with Gasteiger partial charge in [-0.1, -0.05) is 42.4 Å². The number of aliphatic imine (C=N–C) groups is 1. The summed E-state index contributed by atoms with van der Waals surface area (Å²) in [4.78, 5) is 14.9. The van der Waals surface area contributed by atoms with E-state index in [9.17, 15) is 0 Å². The van der Waals surface area contributed by atoms with Gasteiger partial charge in [0.25, 0.3) is 0 Å². The van der Waals surface area contributed by atoms with Gasteiger partial charge in [-0.15, -0.1) is 0 Å². The predicted molar refractivity (Wildman–Crippen MR) is 139 cm³/mol. The quantitative estimate of drug-likeness (QED) is 0.369. The first-order valence-corrected chi connectivity index (χ1v) is 11.8. The average Bonchev–Trinajstić information content (AvgIpc) is 2.82. The van der Waals surface area contributed by atoms with Crippen LogP contribution >= 0.6 is 15.9 Å². The molecular formula is C25H29BrFN5O. The molecule has 0 unspecified atom stereocenters. The second kappa shape index (κ2) is 11.3. The Labute approximate surface area is 202 Å². The molecule has 4 rings (SSSR count). The summed E-state index contributed by atoms with van der Waals surface area (Å²) in [5.74, 6) is 0.658. The fraction of sp³-hybridized carbons (Fsp3) is 0.320. The van der Waals surface area contributed by atoms with E-state index in [0.29, 0.717) is 28.2 Å². The van der Waals surface area contributed by atoms with Gasteiger partial charge in [-0.25, -0.2) is 14.4 Å². The molecule has 0 aliphatic carbocycles. The molecule has 2 aromatic carbocycles. The van der Waals surface area contributed by atoms with Crippen LogP contribution in [-0.4, -0.2) is 47.8 Å². The number of ether oxygens (including phenoxy) is 1. The third kappa shape index (κ3) is 5.57. The fourth-order valence-corrected chi connectivity index (χ4v) is 4.15. The maximum atomic E-state index is 15.1. The van der Waals surface area contributed by atoms with Crippen molar-refractivity contribution in [2.75, 3.05) is 25.5 Å². The van der Waals surface area contributed by atoms with Crippen molar-refractivity contribution in [2.24, 2.45) is 4.99 Å². The number of benzene rings is 2. The van der Waals surface area contributed by atoms with Gasteiger partial charge in [-0.3, -0.25) is 4.99 Å². The molecule has 0 saturated carbocycles. The van der Waals surface area contributed by atoms with E-state index in [-0.39, 0.29) is 17.4 Å². The van der Waals surface area contributed by atoms with Crippen LogP contribution in [0.5, 0.6) is 5.75 Å². The second-order valence-corrected chi connectivity index (χ2v) is 8.40. The Morgan fingerprint density at radius 1 is 1.24 bits per heavy atom. The van der Waals surface area contributed by atoms with Crippen molar-refractivity contribution in [2.45, 2.75) is 32.8 Å². The minimum absolute atomic E-state index is 0.101. The van der Waals surface area contributed by atoms with Crippen molar-refractivity contribution in [1.82, 2.24) is 14.9 Å². The SMILES string of the molecule is C=Cc1c(N=C)ccc(Nc2ncnc3cc(Br)cc(OC4CCN(C)CC4)c23)c1F.CC. The van der Waals surface area contributed by atoms with Crippen molar-refractivity contribution in [3.63, 3.8) is 0 Å². The monoisotopic (exact) mass is 513 g/mol. The van der Waals surface area contributed by atoms with E-state index in [1.54, 1.807) is 12.1 Å². The molecule has 8 heteroatoms. The van der Waals surface area contributed by atoms with Gasteiger partial charge in [-0.05, 0) is 50.9 Å². The molecule has 33 heavy (non-hydrogen) atoms. The zero-order valence-electron chi connectivity index (χ0n) is 19.2. The lowest BCUT2D eigenvalue weighted by Crippen LogP contribution is -2.35. The van der Waals surface area contributed by atoms with Crippen molar-refractivity contribution < 1.29 is 9.13 Å². The Bertz CT molecular complexity index is 1150. The maximum Gasteiger partial charge on any atom is 0.156 e. The fourth-order valence-electron chi connectivity index (χ4n) is 3.73. The van der Waals surface area contributed by atoms with Crippen LogP contribution < -0.4 is 10.1 Å². The number of hydrogen-bond acceptors (Lipinski definition) is 6. The summed E-state index contributed by atoms with van der Waals surface area (Å²) in [5, 5.41) is 3.81. The summed E-state index contributed by atoms with van der Waals surface area (Å²) < 4.78 is 22.3. The number of anilines is 2. The molecule has 174 valence electrons. The minimum Gasteiger partial charge on any atom is -0.489 e. The van der Waals surface area contributed by atoms with Crippen molar-refractivity contribution >= 4 is 56.8 Å². The molecule has 0 radical (unpaired) electrons. The molecule has 0 atom stereocenters. The highest BCUT2D eigenvalue weighted by molar-refractivity contribution is 9.10. The number of nitrogens with one attached hydrogen (secondary N) is 1. The van der Waals surface area contributed by atoms with E-state index >= 15 is 4.39 Å². The Balaban J connectivity index is 0.00000149. The third-order valence-corrected chi connectivity index (χ3v) is 5.87. The van der Waals surface area contributed by atoms with Crippen LogP contribution in [0.3, 0.4) is 0 Å². The molecule has 1 aliphatic heterocycles. The molecule has 0 bridgehead atoms. The van der Waals surface area contributed by atoms with Gasteiger partial charge >= 0.3 is 0 Å². The van der Waals surface area contributed by atoms with Crippen LogP contribution in [0.25, 0.3) is 17.0 Å². The van der Waals surface area contributed by atoms with Crippen LogP contribution in [0.2, 0.25) is 0 Å². The van der Waals surface area contributed by atoms with Crippen LogP contribution in [0, 0.1) is 5.82 Å². The number of halogens is 2. The number of likely N-dealkylation sites (tertiary alicyclic amines) is 1. The minimum atomic E-state index is -0.471. The highest BCUT2D eigenvalue weighted by Gasteiger charge is 2.21. The zero-order valence-corrected chi connectivity index (χ0v) is 20.8. The molecule has 1 N–H and O–H groups in total. The summed E-state index contributed by atoms with van der Waals surface area (Å²) in [6.45, 7) is 13.1. The molecule has 1 fully saturated rings. The third-order valence-electron chi connectivity index (χ3n) is 5.41. The summed E-state index contributed by atoms with van der Waals surface area (Å²) >= 11 is 3.54. The summed E-state index contributed by atoms with van der Waals surface area (Å²) in [5.41, 5.74) is 1.67. The van der Waals surface area contributed by atoms with Gasteiger partial charge in [0.05, 0.1) is 22.3 Å². The van der Waals surface area contributed by atoms with Gasteiger partial charge in [0, 0.05) is 23.1 Å². The molecule has 3 aromatic rings. The molecule has 6 nitrogen and oxygen atoms in total. The van der Waals surface area contributed by atoms with E-state index in [0.717, 1.165) is 30.4 Å². The number of rotatable bonds is 6. The van der Waals surface area contributed by atoms with Crippen molar-refractivity contribution in [1.29, 1.82) is 0 Å². The van der Waals surface area contributed by atoms with E-state index in [1.165, 1.54) is 12.4 Å². The summed E-state index contributed by atoms with van der Waals surface area (Å²) in [7, 11) is 2.11. The van der Waals surface area contributed by atoms with E-state index in [1.807, 2.05) is 26.0 Å². The molecular weight excluding hydrogens is 485 g/mol. The first-order chi connectivity index (χ1) is 16.0. The van der Waals surface area contributed by atoms with Gasteiger partial charge in [0.2, 0.25) is 0 Å². The Kier molecular flexibility index (Phi) is 8.52.